The van der Waals surface area contributed by atoms with Crippen LogP contribution < -0.4 is 5.43 Å². The maximum atomic E-state index is 3.68. The molecule has 2 nitrogen and oxygen atoms in total. The van der Waals surface area contributed by atoms with Crippen LogP contribution in [0.2, 0.25) is 0 Å². The van der Waals surface area contributed by atoms with E-state index >= 15 is 0 Å². The fourth-order valence-corrected chi connectivity index (χ4v) is 0.414. The topological polar surface area (TPSA) is 24.4 Å². The largest absolute Gasteiger partial charge is 0.310 e. The summed E-state index contributed by atoms with van der Waals surface area (Å²) >= 11 is 0. The molecule has 0 atom stereocenters. The summed E-state index contributed by atoms with van der Waals surface area (Å²) in [5.74, 6) is 0. The maximum absolute atomic E-state index is 3.68. The Morgan fingerprint density at radius 2 is 2.67 bits per heavy atom. The average Bonchev–Trinajstić information content (AvgIpc) is 1.72. The van der Waals surface area contributed by atoms with Crippen molar-refractivity contribution in [3.63, 3.8) is 0 Å². The minimum absolute atomic E-state index is 1.02. The van der Waals surface area contributed by atoms with Gasteiger partial charge in [0.25, 0.3) is 0 Å². The Hall–Kier alpha value is -0.530. The molecule has 0 aromatic heterocycles. The van der Waals surface area contributed by atoms with Gasteiger partial charge in [-0.3, -0.25) is 0 Å². The van der Waals surface area contributed by atoms with Crippen LogP contribution in [0.4, 0.5) is 0 Å². The lowest BCUT2D eigenvalue weighted by molar-refractivity contribution is 0.671. The van der Waals surface area contributed by atoms with Crippen molar-refractivity contribution in [3.05, 3.63) is 0 Å². The van der Waals surface area contributed by atoms with E-state index in [4.69, 9.17) is 0 Å². The summed E-state index contributed by atoms with van der Waals surface area (Å²) in [6, 6.07) is 0. The fourth-order valence-electron chi connectivity index (χ4n) is 0.414. The first-order chi connectivity index (χ1) is 3.00. The smallest absolute Gasteiger partial charge is 0.0835 e. The normalized spacial score (nSPS) is 20.0. The van der Waals surface area contributed by atoms with E-state index in [9.17, 15) is 0 Å². The SMILES string of the molecule is [C]1=NNCCC1. The van der Waals surface area contributed by atoms with E-state index in [0.717, 1.165) is 13.0 Å². The minimum Gasteiger partial charge on any atom is -0.310 e. The van der Waals surface area contributed by atoms with Crippen LogP contribution in [-0.2, 0) is 0 Å². The van der Waals surface area contributed by atoms with E-state index < -0.39 is 0 Å². The van der Waals surface area contributed by atoms with Gasteiger partial charge < -0.3 is 5.43 Å². The number of nitrogens with one attached hydrogen (secondary N) is 1. The third-order valence-corrected chi connectivity index (χ3v) is 0.735. The van der Waals surface area contributed by atoms with Crippen LogP contribution in [0.3, 0.4) is 0 Å². The number of hydrogen-bond donors (Lipinski definition) is 1. The van der Waals surface area contributed by atoms with Crippen LogP contribution >= 0.6 is 0 Å². The number of hydrogen-bond acceptors (Lipinski definition) is 2. The molecule has 0 saturated carbocycles. The summed E-state index contributed by atoms with van der Waals surface area (Å²) in [4.78, 5) is 0. The summed E-state index contributed by atoms with van der Waals surface area (Å²) in [6.45, 7) is 1.02. The van der Waals surface area contributed by atoms with Crippen molar-refractivity contribution in [2.45, 2.75) is 12.8 Å². The molecule has 0 aromatic rings. The van der Waals surface area contributed by atoms with E-state index in [1.807, 2.05) is 0 Å². The van der Waals surface area contributed by atoms with Crippen molar-refractivity contribution < 1.29 is 0 Å². The first-order valence-corrected chi connectivity index (χ1v) is 2.15. The van der Waals surface area contributed by atoms with E-state index in [2.05, 4.69) is 16.7 Å². The van der Waals surface area contributed by atoms with Crippen LogP contribution in [-0.4, -0.2) is 12.8 Å². The van der Waals surface area contributed by atoms with Crippen LogP contribution in [0.25, 0.3) is 0 Å². The van der Waals surface area contributed by atoms with Gasteiger partial charge >= 0.3 is 0 Å². The summed E-state index contributed by atoms with van der Waals surface area (Å²) in [6.07, 6.45) is 5.00. The molecule has 0 aliphatic carbocycles. The van der Waals surface area contributed by atoms with Gasteiger partial charge in [0.05, 0.1) is 6.21 Å². The van der Waals surface area contributed by atoms with Crippen molar-refractivity contribution in [2.24, 2.45) is 5.10 Å². The van der Waals surface area contributed by atoms with Gasteiger partial charge in [0.1, 0.15) is 0 Å². The van der Waals surface area contributed by atoms with Gasteiger partial charge in [0.2, 0.25) is 0 Å². The molecule has 0 fully saturated rings. The molecule has 0 aromatic carbocycles. The molecule has 1 N–H and O–H groups in total. The van der Waals surface area contributed by atoms with Gasteiger partial charge in [-0.25, -0.2) is 0 Å². The molecule has 33 valence electrons. The van der Waals surface area contributed by atoms with Crippen LogP contribution in [0.15, 0.2) is 5.10 Å². The van der Waals surface area contributed by atoms with Crippen molar-refractivity contribution in [1.29, 1.82) is 0 Å². The molecule has 2 heteroatoms. The third-order valence-electron chi connectivity index (χ3n) is 0.735. The third kappa shape index (κ3) is 0.708. The van der Waals surface area contributed by atoms with Crippen LogP contribution in [0, 0.1) is 0 Å². The first kappa shape index (κ1) is 3.65. The fraction of sp³-hybridized carbons (Fsp3) is 0.750. The van der Waals surface area contributed by atoms with Crippen molar-refractivity contribution in [1.82, 2.24) is 5.43 Å². The van der Waals surface area contributed by atoms with Gasteiger partial charge in [-0.15, -0.1) is 0 Å². The zero-order chi connectivity index (χ0) is 4.24. The summed E-state index contributed by atoms with van der Waals surface area (Å²) < 4.78 is 0. The highest BCUT2D eigenvalue weighted by Gasteiger charge is 1.87. The van der Waals surface area contributed by atoms with Crippen LogP contribution in [0.1, 0.15) is 12.8 Å². The summed E-state index contributed by atoms with van der Waals surface area (Å²) in [5, 5.41) is 3.68. The van der Waals surface area contributed by atoms with Gasteiger partial charge in [-0.05, 0) is 12.8 Å². The average molecular weight is 83.1 g/mol. The molecule has 1 radical (unpaired) electrons. The second kappa shape index (κ2) is 1.80. The quantitative estimate of drug-likeness (QED) is 0.445. The summed E-state index contributed by atoms with van der Waals surface area (Å²) in [5.41, 5.74) is 2.80. The summed E-state index contributed by atoms with van der Waals surface area (Å²) in [7, 11) is 0. The highest BCUT2D eigenvalue weighted by molar-refractivity contribution is 5.57. The molecular weight excluding hydrogens is 76.1 g/mol. The predicted molar refractivity (Wildman–Crippen MR) is 24.7 cm³/mol. The molecule has 0 saturated heterocycles. The van der Waals surface area contributed by atoms with Crippen molar-refractivity contribution in [2.75, 3.05) is 6.54 Å². The molecule has 1 aliphatic rings. The highest BCUT2D eigenvalue weighted by atomic mass is 15.3. The van der Waals surface area contributed by atoms with Gasteiger partial charge in [-0.1, -0.05) is 0 Å². The van der Waals surface area contributed by atoms with Gasteiger partial charge in [-0.2, -0.15) is 5.10 Å². The molecule has 1 rings (SSSR count). The molecule has 0 unspecified atom stereocenters. The van der Waals surface area contributed by atoms with Gasteiger partial charge in [0.15, 0.2) is 0 Å². The number of rotatable bonds is 0. The Balaban J connectivity index is 2.26. The molecule has 0 amide bonds. The second-order valence-electron chi connectivity index (χ2n) is 1.28. The Morgan fingerprint density at radius 1 is 1.67 bits per heavy atom. The molecule has 1 aliphatic heterocycles. The highest BCUT2D eigenvalue weighted by Crippen LogP contribution is 1.85. The van der Waals surface area contributed by atoms with Gasteiger partial charge in [0, 0.05) is 6.54 Å². The first-order valence-electron chi connectivity index (χ1n) is 2.15. The second-order valence-corrected chi connectivity index (χ2v) is 1.28. The molecule has 1 heterocycles. The number of nitrogens with zero attached hydrogens (tertiary/aromatic N) is 1. The van der Waals surface area contributed by atoms with Crippen molar-refractivity contribution >= 4 is 6.21 Å². The Kier molecular flexibility index (Phi) is 1.10. The lowest BCUT2D eigenvalue weighted by Gasteiger charge is -2.00. The standard InChI is InChI=1S/C4H7N2/c1-2-4-6-5-3-1/h5H,1-3H2. The zero-order valence-corrected chi connectivity index (χ0v) is 3.57. The van der Waals surface area contributed by atoms with Crippen molar-refractivity contribution in [3.8, 4) is 0 Å². The van der Waals surface area contributed by atoms with Crippen LogP contribution in [0.5, 0.6) is 0 Å². The Morgan fingerprint density at radius 3 is 2.83 bits per heavy atom. The molecule has 6 heavy (non-hydrogen) atoms. The predicted octanol–water partition coefficient (Wildman–Crippen LogP) is 0.233. The maximum Gasteiger partial charge on any atom is 0.0835 e. The minimum atomic E-state index is 1.02. The lowest BCUT2D eigenvalue weighted by Crippen LogP contribution is -2.11. The van der Waals surface area contributed by atoms with E-state index in [1.54, 1.807) is 0 Å². The Bertz CT molecular complexity index is 50.6. The van der Waals surface area contributed by atoms with E-state index in [-0.39, 0.29) is 0 Å². The number of hydrazone groups is 1. The van der Waals surface area contributed by atoms with E-state index in [1.165, 1.54) is 6.42 Å². The Labute approximate surface area is 37.2 Å². The zero-order valence-electron chi connectivity index (χ0n) is 3.57. The van der Waals surface area contributed by atoms with E-state index in [0.29, 0.717) is 0 Å². The molecule has 0 spiro atoms. The molecular formula is C4H7N2. The molecule has 0 bridgehead atoms. The monoisotopic (exact) mass is 83.1 g/mol. The lowest BCUT2D eigenvalue weighted by atomic mass is 10.3.